The second kappa shape index (κ2) is 7.02. The predicted octanol–water partition coefficient (Wildman–Crippen LogP) is 2.51. The largest absolute Gasteiger partial charge is 0.383 e. The molecule has 1 aliphatic rings. The molecule has 1 aromatic rings. The van der Waals surface area contributed by atoms with Gasteiger partial charge in [0.1, 0.15) is 0 Å². The van der Waals surface area contributed by atoms with Crippen molar-refractivity contribution >= 4 is 15.9 Å². The molecule has 0 radical (unpaired) electrons. The molecule has 0 amide bonds. The van der Waals surface area contributed by atoms with Crippen molar-refractivity contribution in [1.82, 2.24) is 15.1 Å². The summed E-state index contributed by atoms with van der Waals surface area (Å²) in [4.78, 5) is 0. The van der Waals surface area contributed by atoms with Gasteiger partial charge < -0.3 is 14.8 Å². The Morgan fingerprint density at radius 3 is 2.70 bits per heavy atom. The van der Waals surface area contributed by atoms with E-state index in [1.807, 2.05) is 25.0 Å². The maximum Gasteiger partial charge on any atom is 0.0888 e. The number of hydrogen-bond donors (Lipinski definition) is 1. The molecular weight excluding hydrogens is 322 g/mol. The standard InChI is InChI=1S/C14H24BrN3O2/c1-16-13(14(20-3)6-4-5-7-14)12-11(15)10-17-18(12)8-9-19-2/h10,13,16H,4-9H2,1-3H3. The number of halogens is 1. The average molecular weight is 346 g/mol. The van der Waals surface area contributed by atoms with Crippen LogP contribution in [0.4, 0.5) is 0 Å². The normalized spacial score (nSPS) is 19.4. The molecule has 114 valence electrons. The van der Waals surface area contributed by atoms with Gasteiger partial charge in [-0.3, -0.25) is 4.68 Å². The maximum atomic E-state index is 5.93. The first kappa shape index (κ1) is 15.9. The van der Waals surface area contributed by atoms with Crippen molar-refractivity contribution in [3.05, 3.63) is 16.4 Å². The van der Waals surface area contributed by atoms with Crippen LogP contribution < -0.4 is 5.32 Å². The quantitative estimate of drug-likeness (QED) is 0.824. The number of ether oxygens (including phenoxy) is 2. The monoisotopic (exact) mass is 345 g/mol. The summed E-state index contributed by atoms with van der Waals surface area (Å²) in [5.74, 6) is 0. The van der Waals surface area contributed by atoms with E-state index in [1.54, 1.807) is 7.11 Å². The minimum atomic E-state index is -0.137. The Morgan fingerprint density at radius 1 is 1.45 bits per heavy atom. The van der Waals surface area contributed by atoms with Gasteiger partial charge in [-0.25, -0.2) is 0 Å². The fourth-order valence-corrected chi connectivity index (χ4v) is 3.77. The van der Waals surface area contributed by atoms with Crippen LogP contribution in [0, 0.1) is 0 Å². The van der Waals surface area contributed by atoms with Crippen molar-refractivity contribution in [2.45, 2.75) is 43.9 Å². The van der Waals surface area contributed by atoms with E-state index in [2.05, 4.69) is 26.3 Å². The molecule has 20 heavy (non-hydrogen) atoms. The maximum absolute atomic E-state index is 5.93. The molecule has 1 N–H and O–H groups in total. The van der Waals surface area contributed by atoms with E-state index in [-0.39, 0.29) is 11.6 Å². The lowest BCUT2D eigenvalue weighted by Crippen LogP contribution is -2.43. The number of nitrogens with zero attached hydrogens (tertiary/aromatic N) is 2. The number of likely N-dealkylation sites (N-methyl/N-ethyl adjacent to an activating group) is 1. The molecule has 5 nitrogen and oxygen atoms in total. The van der Waals surface area contributed by atoms with Crippen molar-refractivity contribution < 1.29 is 9.47 Å². The third-order valence-corrected chi connectivity index (χ3v) is 4.90. The van der Waals surface area contributed by atoms with Crippen LogP contribution in [-0.4, -0.2) is 43.3 Å². The van der Waals surface area contributed by atoms with E-state index in [4.69, 9.17) is 9.47 Å². The first-order valence-electron chi connectivity index (χ1n) is 7.11. The molecular formula is C14H24BrN3O2. The Kier molecular flexibility index (Phi) is 5.60. The summed E-state index contributed by atoms with van der Waals surface area (Å²) in [5.41, 5.74) is 1.01. The van der Waals surface area contributed by atoms with Gasteiger partial charge in [-0.2, -0.15) is 5.10 Å². The van der Waals surface area contributed by atoms with Crippen molar-refractivity contribution in [2.75, 3.05) is 27.9 Å². The lowest BCUT2D eigenvalue weighted by molar-refractivity contribution is -0.0374. The van der Waals surface area contributed by atoms with Gasteiger partial charge in [0.15, 0.2) is 0 Å². The van der Waals surface area contributed by atoms with Crippen LogP contribution in [0.3, 0.4) is 0 Å². The fraction of sp³-hybridized carbons (Fsp3) is 0.786. The summed E-state index contributed by atoms with van der Waals surface area (Å²) < 4.78 is 14.1. The van der Waals surface area contributed by atoms with E-state index in [9.17, 15) is 0 Å². The van der Waals surface area contributed by atoms with Crippen LogP contribution in [0.25, 0.3) is 0 Å². The second-order valence-electron chi connectivity index (χ2n) is 5.29. The van der Waals surface area contributed by atoms with Gasteiger partial charge in [0.05, 0.1) is 41.2 Å². The van der Waals surface area contributed by atoms with Crippen molar-refractivity contribution in [1.29, 1.82) is 0 Å². The van der Waals surface area contributed by atoms with Gasteiger partial charge in [-0.1, -0.05) is 12.8 Å². The minimum Gasteiger partial charge on any atom is -0.383 e. The Morgan fingerprint density at radius 2 is 2.15 bits per heavy atom. The van der Waals surface area contributed by atoms with Gasteiger partial charge in [0.25, 0.3) is 0 Å². The summed E-state index contributed by atoms with van der Waals surface area (Å²) in [6.45, 7) is 1.40. The average Bonchev–Trinajstić information content (AvgIpc) is 3.07. The van der Waals surface area contributed by atoms with E-state index >= 15 is 0 Å². The van der Waals surface area contributed by atoms with Gasteiger partial charge in [-0.05, 0) is 35.8 Å². The van der Waals surface area contributed by atoms with Crippen LogP contribution in [0.15, 0.2) is 10.7 Å². The lowest BCUT2D eigenvalue weighted by atomic mass is 9.89. The second-order valence-corrected chi connectivity index (χ2v) is 6.15. The summed E-state index contributed by atoms with van der Waals surface area (Å²) >= 11 is 3.63. The smallest absolute Gasteiger partial charge is 0.0888 e. The zero-order chi connectivity index (χ0) is 14.6. The summed E-state index contributed by atoms with van der Waals surface area (Å²) in [6, 6.07) is 0.128. The molecule has 6 heteroatoms. The SMILES string of the molecule is CNC(c1c(Br)cnn1CCOC)C1(OC)CCCC1. The van der Waals surface area contributed by atoms with E-state index in [0.717, 1.165) is 29.6 Å². The Labute approximate surface area is 129 Å². The van der Waals surface area contributed by atoms with Gasteiger partial charge in [0.2, 0.25) is 0 Å². The molecule has 1 heterocycles. The molecule has 0 bridgehead atoms. The third-order valence-electron chi connectivity index (χ3n) is 4.29. The lowest BCUT2D eigenvalue weighted by Gasteiger charge is -2.36. The third kappa shape index (κ3) is 2.93. The van der Waals surface area contributed by atoms with Gasteiger partial charge in [0, 0.05) is 14.2 Å². The number of rotatable bonds is 7. The predicted molar refractivity (Wildman–Crippen MR) is 81.8 cm³/mol. The molecule has 1 atom stereocenters. The summed E-state index contributed by atoms with van der Waals surface area (Å²) in [6.07, 6.45) is 6.45. The molecule has 1 aliphatic carbocycles. The number of hydrogen-bond acceptors (Lipinski definition) is 4. The Hall–Kier alpha value is -0.430. The van der Waals surface area contributed by atoms with Crippen LogP contribution in [0.1, 0.15) is 37.4 Å². The van der Waals surface area contributed by atoms with E-state index in [0.29, 0.717) is 6.61 Å². The highest BCUT2D eigenvalue weighted by Crippen LogP contribution is 2.43. The van der Waals surface area contributed by atoms with E-state index < -0.39 is 0 Å². The molecule has 0 saturated heterocycles. The zero-order valence-electron chi connectivity index (χ0n) is 12.5. The molecule has 1 aromatic heterocycles. The Balaban J connectivity index is 2.33. The Bertz CT molecular complexity index is 430. The van der Waals surface area contributed by atoms with E-state index in [1.165, 1.54) is 12.8 Å². The number of nitrogens with one attached hydrogen (secondary N) is 1. The van der Waals surface area contributed by atoms with Gasteiger partial charge in [-0.15, -0.1) is 0 Å². The topological polar surface area (TPSA) is 48.3 Å². The first-order valence-corrected chi connectivity index (χ1v) is 7.90. The number of aromatic nitrogens is 2. The minimum absolute atomic E-state index is 0.128. The highest BCUT2D eigenvalue weighted by atomic mass is 79.9. The summed E-state index contributed by atoms with van der Waals surface area (Å²) in [7, 11) is 5.52. The molecule has 0 spiro atoms. The van der Waals surface area contributed by atoms with Crippen molar-refractivity contribution in [3.8, 4) is 0 Å². The molecule has 2 rings (SSSR count). The molecule has 1 fully saturated rings. The first-order chi connectivity index (χ1) is 9.68. The van der Waals surface area contributed by atoms with Crippen LogP contribution in [0.2, 0.25) is 0 Å². The number of methoxy groups -OCH3 is 2. The molecule has 0 aromatic carbocycles. The van der Waals surface area contributed by atoms with Crippen molar-refractivity contribution in [2.24, 2.45) is 0 Å². The fourth-order valence-electron chi connectivity index (χ4n) is 3.25. The van der Waals surface area contributed by atoms with Crippen LogP contribution in [0.5, 0.6) is 0 Å². The zero-order valence-corrected chi connectivity index (χ0v) is 14.1. The summed E-state index contributed by atoms with van der Waals surface area (Å²) in [5, 5.41) is 7.89. The molecule has 0 aliphatic heterocycles. The highest BCUT2D eigenvalue weighted by molar-refractivity contribution is 9.10. The van der Waals surface area contributed by atoms with Crippen LogP contribution in [-0.2, 0) is 16.0 Å². The highest BCUT2D eigenvalue weighted by Gasteiger charge is 2.43. The van der Waals surface area contributed by atoms with Gasteiger partial charge >= 0.3 is 0 Å². The molecule has 1 saturated carbocycles. The van der Waals surface area contributed by atoms with Crippen LogP contribution >= 0.6 is 15.9 Å². The van der Waals surface area contributed by atoms with Crippen molar-refractivity contribution in [3.63, 3.8) is 0 Å². The molecule has 1 unspecified atom stereocenters.